The molecule has 0 bridgehead atoms. The molecule has 0 aliphatic rings. The normalized spacial score (nSPS) is 10.0. The molecule has 0 fully saturated rings. The van der Waals surface area contributed by atoms with E-state index in [1.165, 1.54) is 44.6 Å². The van der Waals surface area contributed by atoms with Crippen molar-refractivity contribution < 1.29 is 14.6 Å². The van der Waals surface area contributed by atoms with Crippen LogP contribution < -0.4 is 4.74 Å². The molecule has 0 amide bonds. The number of hydrogen-bond acceptors (Lipinski definition) is 2. The maximum Gasteiger partial charge on any atom is 0.328 e. The van der Waals surface area contributed by atoms with Crippen LogP contribution in [-0.2, 0) is 4.79 Å². The van der Waals surface area contributed by atoms with E-state index in [4.69, 9.17) is 9.84 Å². The number of aliphatic carboxylic acids is 1. The average Bonchev–Trinajstić information content (AvgIpc) is 2.51. The second-order valence-electron chi connectivity index (χ2n) is 4.86. The Morgan fingerprint density at radius 1 is 1.05 bits per heavy atom. The Kier molecular flexibility index (Phi) is 12.1. The van der Waals surface area contributed by atoms with Gasteiger partial charge in [-0.25, -0.2) is 4.79 Å². The van der Waals surface area contributed by atoms with E-state index < -0.39 is 5.97 Å². The topological polar surface area (TPSA) is 46.5 Å². The lowest BCUT2D eigenvalue weighted by Gasteiger charge is -1.98. The standard InChI is InChI=1S/C10H10O3.C8H18/c1-13-9-5-2-8(3-6-9)4-7-10(11)12;1-3-5-7-8-6-4-2/h2-7H,1H3,(H,11,12);3-8H2,1-2H3. The zero-order valence-corrected chi connectivity index (χ0v) is 13.5. The third-order valence-corrected chi connectivity index (χ3v) is 2.99. The Hall–Kier alpha value is -1.77. The van der Waals surface area contributed by atoms with Gasteiger partial charge < -0.3 is 9.84 Å². The number of methoxy groups -OCH3 is 1. The number of carbonyl (C=O) groups is 1. The van der Waals surface area contributed by atoms with Gasteiger partial charge in [0.05, 0.1) is 7.11 Å². The van der Waals surface area contributed by atoms with Gasteiger partial charge >= 0.3 is 5.97 Å². The molecule has 1 N–H and O–H groups in total. The molecular formula is C18H28O3. The number of hydrogen-bond donors (Lipinski definition) is 1. The molecular weight excluding hydrogens is 264 g/mol. The highest BCUT2D eigenvalue weighted by Gasteiger charge is 1.91. The second kappa shape index (κ2) is 13.2. The maximum atomic E-state index is 10.2. The van der Waals surface area contributed by atoms with Crippen molar-refractivity contribution in [2.75, 3.05) is 7.11 Å². The van der Waals surface area contributed by atoms with Crippen LogP contribution in [0.2, 0.25) is 0 Å². The molecule has 1 aromatic carbocycles. The number of carboxylic acid groups (broad SMARTS) is 1. The minimum atomic E-state index is -0.948. The quantitative estimate of drug-likeness (QED) is 0.531. The van der Waals surface area contributed by atoms with E-state index in [9.17, 15) is 4.79 Å². The SMILES string of the molecule is CCCCCCCC.COc1ccc(C=CC(=O)O)cc1. The van der Waals surface area contributed by atoms with Crippen molar-refractivity contribution in [2.45, 2.75) is 52.4 Å². The fourth-order valence-electron chi connectivity index (χ4n) is 1.74. The molecule has 3 heteroatoms. The molecule has 1 rings (SSSR count). The van der Waals surface area contributed by atoms with Gasteiger partial charge in [0.25, 0.3) is 0 Å². The molecule has 0 radical (unpaired) electrons. The Morgan fingerprint density at radius 2 is 1.57 bits per heavy atom. The van der Waals surface area contributed by atoms with Crippen LogP contribution in [0.15, 0.2) is 30.3 Å². The molecule has 0 atom stereocenters. The molecule has 0 aromatic heterocycles. The number of carboxylic acids is 1. The van der Waals surface area contributed by atoms with Crippen LogP contribution in [0.25, 0.3) is 6.08 Å². The Labute approximate surface area is 128 Å². The fourth-order valence-corrected chi connectivity index (χ4v) is 1.74. The van der Waals surface area contributed by atoms with Gasteiger partial charge in [0.1, 0.15) is 5.75 Å². The van der Waals surface area contributed by atoms with Gasteiger partial charge in [-0.1, -0.05) is 64.5 Å². The molecule has 0 saturated heterocycles. The molecule has 0 aliphatic heterocycles. The number of ether oxygens (including phenoxy) is 1. The predicted octanol–water partition coefficient (Wildman–Crippen LogP) is 5.16. The van der Waals surface area contributed by atoms with Crippen LogP contribution in [0.1, 0.15) is 57.9 Å². The van der Waals surface area contributed by atoms with E-state index in [2.05, 4.69) is 13.8 Å². The maximum absolute atomic E-state index is 10.2. The molecule has 1 aromatic rings. The predicted molar refractivity (Wildman–Crippen MR) is 88.7 cm³/mol. The van der Waals surface area contributed by atoms with Crippen molar-refractivity contribution in [3.05, 3.63) is 35.9 Å². The molecule has 118 valence electrons. The highest BCUT2D eigenvalue weighted by molar-refractivity contribution is 5.85. The van der Waals surface area contributed by atoms with Gasteiger partial charge in [0.2, 0.25) is 0 Å². The first-order valence-electron chi connectivity index (χ1n) is 7.69. The van der Waals surface area contributed by atoms with Gasteiger partial charge in [-0.3, -0.25) is 0 Å². The van der Waals surface area contributed by atoms with Gasteiger partial charge in [-0.05, 0) is 23.8 Å². The van der Waals surface area contributed by atoms with E-state index in [0.717, 1.165) is 17.4 Å². The van der Waals surface area contributed by atoms with E-state index in [1.54, 1.807) is 31.4 Å². The molecule has 21 heavy (non-hydrogen) atoms. The number of unbranched alkanes of at least 4 members (excludes halogenated alkanes) is 5. The Balaban J connectivity index is 0.000000433. The van der Waals surface area contributed by atoms with Crippen molar-refractivity contribution >= 4 is 12.0 Å². The minimum absolute atomic E-state index is 0.757. The van der Waals surface area contributed by atoms with Gasteiger partial charge in [0.15, 0.2) is 0 Å². The Bertz CT molecular complexity index is 387. The summed E-state index contributed by atoms with van der Waals surface area (Å²) in [7, 11) is 1.59. The highest BCUT2D eigenvalue weighted by atomic mass is 16.5. The van der Waals surface area contributed by atoms with Crippen LogP contribution >= 0.6 is 0 Å². The van der Waals surface area contributed by atoms with Crippen LogP contribution in [0.5, 0.6) is 5.75 Å². The van der Waals surface area contributed by atoms with Gasteiger partial charge in [-0.2, -0.15) is 0 Å². The summed E-state index contributed by atoms with van der Waals surface area (Å²) >= 11 is 0. The van der Waals surface area contributed by atoms with Crippen molar-refractivity contribution in [3.8, 4) is 5.75 Å². The highest BCUT2D eigenvalue weighted by Crippen LogP contribution is 2.12. The third-order valence-electron chi connectivity index (χ3n) is 2.99. The van der Waals surface area contributed by atoms with Gasteiger partial charge in [-0.15, -0.1) is 0 Å². The number of rotatable bonds is 8. The molecule has 0 aliphatic carbocycles. The molecule has 3 nitrogen and oxygen atoms in total. The smallest absolute Gasteiger partial charge is 0.328 e. The van der Waals surface area contributed by atoms with E-state index >= 15 is 0 Å². The van der Waals surface area contributed by atoms with Crippen LogP contribution in [0.3, 0.4) is 0 Å². The third kappa shape index (κ3) is 11.7. The molecule has 0 saturated carbocycles. The average molecular weight is 292 g/mol. The lowest BCUT2D eigenvalue weighted by molar-refractivity contribution is -0.131. The largest absolute Gasteiger partial charge is 0.497 e. The summed E-state index contributed by atoms with van der Waals surface area (Å²) in [5.74, 6) is -0.191. The lowest BCUT2D eigenvalue weighted by atomic mass is 10.1. The van der Waals surface area contributed by atoms with Crippen molar-refractivity contribution in [3.63, 3.8) is 0 Å². The first-order valence-corrected chi connectivity index (χ1v) is 7.69. The zero-order chi connectivity index (χ0) is 15.9. The monoisotopic (exact) mass is 292 g/mol. The summed E-state index contributed by atoms with van der Waals surface area (Å²) in [5, 5.41) is 8.36. The van der Waals surface area contributed by atoms with Crippen molar-refractivity contribution in [1.29, 1.82) is 0 Å². The summed E-state index contributed by atoms with van der Waals surface area (Å²) in [6, 6.07) is 7.14. The number of benzene rings is 1. The minimum Gasteiger partial charge on any atom is -0.497 e. The van der Waals surface area contributed by atoms with E-state index in [0.29, 0.717) is 0 Å². The zero-order valence-electron chi connectivity index (χ0n) is 13.5. The molecule has 0 spiro atoms. The van der Waals surface area contributed by atoms with Crippen LogP contribution in [0.4, 0.5) is 0 Å². The van der Waals surface area contributed by atoms with Crippen LogP contribution in [-0.4, -0.2) is 18.2 Å². The van der Waals surface area contributed by atoms with Crippen molar-refractivity contribution in [1.82, 2.24) is 0 Å². The Morgan fingerprint density at radius 3 is 1.95 bits per heavy atom. The summed E-state index contributed by atoms with van der Waals surface area (Å²) in [4.78, 5) is 10.2. The first kappa shape index (κ1) is 19.2. The van der Waals surface area contributed by atoms with E-state index in [-0.39, 0.29) is 0 Å². The molecule has 0 unspecified atom stereocenters. The van der Waals surface area contributed by atoms with Crippen molar-refractivity contribution in [2.24, 2.45) is 0 Å². The lowest BCUT2D eigenvalue weighted by Crippen LogP contribution is -1.86. The summed E-state index contributed by atoms with van der Waals surface area (Å²) in [6.07, 6.45) is 11.1. The summed E-state index contributed by atoms with van der Waals surface area (Å²) in [5.41, 5.74) is 0.836. The molecule has 0 heterocycles. The fraction of sp³-hybridized carbons (Fsp3) is 0.500. The summed E-state index contributed by atoms with van der Waals surface area (Å²) < 4.78 is 4.95. The first-order chi connectivity index (χ1) is 10.1. The van der Waals surface area contributed by atoms with E-state index in [1.807, 2.05) is 0 Å². The summed E-state index contributed by atoms with van der Waals surface area (Å²) in [6.45, 7) is 4.51. The second-order valence-corrected chi connectivity index (χ2v) is 4.86. The van der Waals surface area contributed by atoms with Crippen LogP contribution in [0, 0.1) is 0 Å². The van der Waals surface area contributed by atoms with Gasteiger partial charge in [0, 0.05) is 6.08 Å².